The van der Waals surface area contributed by atoms with E-state index in [-0.39, 0.29) is 24.9 Å². The summed E-state index contributed by atoms with van der Waals surface area (Å²) in [6.45, 7) is 7.64. The number of fused-ring (bicyclic) bond motifs is 1. The zero-order chi connectivity index (χ0) is 19.5. The summed E-state index contributed by atoms with van der Waals surface area (Å²) < 4.78 is 11.5. The molecule has 3 aliphatic carbocycles. The van der Waals surface area contributed by atoms with Crippen LogP contribution in [0.1, 0.15) is 26.7 Å². The Labute approximate surface area is 156 Å². The van der Waals surface area contributed by atoms with Crippen LogP contribution in [0.15, 0.2) is 23.8 Å². The highest BCUT2D eigenvalue weighted by Gasteiger charge is 2.81. The van der Waals surface area contributed by atoms with E-state index in [4.69, 9.17) is 9.47 Å². The number of ether oxygens (including phenoxy) is 2. The van der Waals surface area contributed by atoms with Gasteiger partial charge in [-0.1, -0.05) is 19.1 Å². The largest absolute Gasteiger partial charge is 0.462 e. The van der Waals surface area contributed by atoms with Crippen LogP contribution in [0.25, 0.3) is 0 Å². The number of hydrogen-bond acceptors (Lipinski definition) is 7. The first kappa shape index (κ1) is 17.6. The Morgan fingerprint density at radius 1 is 1.22 bits per heavy atom. The molecule has 7 nitrogen and oxygen atoms in total. The lowest BCUT2D eigenvalue weighted by molar-refractivity contribution is -0.305. The normalized spacial score (nSPS) is 56.2. The fourth-order valence-electron chi connectivity index (χ4n) is 7.14. The molecule has 2 aliphatic heterocycles. The topological polar surface area (TPSA) is 113 Å². The van der Waals surface area contributed by atoms with Crippen LogP contribution in [0.3, 0.4) is 0 Å². The van der Waals surface area contributed by atoms with Crippen LogP contribution in [0.2, 0.25) is 0 Å². The van der Waals surface area contributed by atoms with Gasteiger partial charge in [0.05, 0.1) is 13.0 Å². The number of ketones is 1. The molecule has 27 heavy (non-hydrogen) atoms. The Morgan fingerprint density at radius 3 is 2.63 bits per heavy atom. The van der Waals surface area contributed by atoms with E-state index in [9.17, 15) is 24.9 Å². The summed E-state index contributed by atoms with van der Waals surface area (Å²) in [6.07, 6.45) is -1.36. The Kier molecular flexibility index (Phi) is 3.18. The predicted octanol–water partition coefficient (Wildman–Crippen LogP) is 0.0863. The molecular formula is C20H24O7. The maximum absolute atomic E-state index is 12.5. The Hall–Kier alpha value is -1.54. The Balaban J connectivity index is 1.79. The summed E-state index contributed by atoms with van der Waals surface area (Å²) in [5.74, 6) is -4.25. The Bertz CT molecular complexity index is 817. The number of rotatable bonds is 0. The average molecular weight is 376 g/mol. The molecule has 1 spiro atoms. The van der Waals surface area contributed by atoms with E-state index in [1.54, 1.807) is 6.92 Å². The first-order chi connectivity index (χ1) is 12.6. The molecule has 146 valence electrons. The molecule has 0 aromatic rings. The van der Waals surface area contributed by atoms with Gasteiger partial charge >= 0.3 is 5.97 Å². The maximum Gasteiger partial charge on any atom is 0.306 e. The van der Waals surface area contributed by atoms with E-state index in [1.165, 1.54) is 6.08 Å². The van der Waals surface area contributed by atoms with Crippen molar-refractivity contribution < 1.29 is 34.4 Å². The van der Waals surface area contributed by atoms with Crippen LogP contribution in [0.4, 0.5) is 0 Å². The van der Waals surface area contributed by atoms with Crippen LogP contribution in [0, 0.1) is 28.6 Å². The third-order valence-electron chi connectivity index (χ3n) is 8.19. The van der Waals surface area contributed by atoms with Gasteiger partial charge in [0, 0.05) is 22.7 Å². The zero-order valence-electron chi connectivity index (χ0n) is 15.3. The lowest BCUT2D eigenvalue weighted by Gasteiger charge is -2.66. The Morgan fingerprint density at radius 2 is 1.93 bits per heavy atom. The number of hydrogen-bond donors (Lipinski definition) is 3. The van der Waals surface area contributed by atoms with Crippen molar-refractivity contribution in [1.29, 1.82) is 0 Å². The number of allylic oxidation sites excluding steroid dienone is 1. The van der Waals surface area contributed by atoms with Gasteiger partial charge in [-0.25, -0.2) is 0 Å². The SMILES string of the molecule is C=C1C2CC(=O)OC3C[C@H]4C(C)=CC(=O)C(O)C4(C)[C@@H]4C32CO[C@]4(O)C1O. The van der Waals surface area contributed by atoms with Crippen molar-refractivity contribution in [2.75, 3.05) is 6.61 Å². The van der Waals surface area contributed by atoms with Gasteiger partial charge in [0.1, 0.15) is 18.3 Å². The summed E-state index contributed by atoms with van der Waals surface area (Å²) in [7, 11) is 0. The van der Waals surface area contributed by atoms with E-state index in [2.05, 4.69) is 6.58 Å². The quantitative estimate of drug-likeness (QED) is 0.405. The van der Waals surface area contributed by atoms with Gasteiger partial charge in [-0.3, -0.25) is 9.59 Å². The highest BCUT2D eigenvalue weighted by molar-refractivity contribution is 5.96. The molecule has 2 heterocycles. The minimum absolute atomic E-state index is 0.0436. The molecule has 2 saturated carbocycles. The predicted molar refractivity (Wildman–Crippen MR) is 90.9 cm³/mol. The van der Waals surface area contributed by atoms with Crippen LogP contribution in [-0.4, -0.2) is 57.8 Å². The van der Waals surface area contributed by atoms with Crippen molar-refractivity contribution in [1.82, 2.24) is 0 Å². The summed E-state index contributed by atoms with van der Waals surface area (Å²) >= 11 is 0. The molecule has 0 aromatic carbocycles. The van der Waals surface area contributed by atoms with Gasteiger partial charge in [-0.05, 0) is 30.9 Å². The fraction of sp³-hybridized carbons (Fsp3) is 0.700. The summed E-state index contributed by atoms with van der Waals surface area (Å²) in [6, 6.07) is 0. The molecule has 5 aliphatic rings. The van der Waals surface area contributed by atoms with Crippen molar-refractivity contribution in [3.8, 4) is 0 Å². The summed E-state index contributed by atoms with van der Waals surface area (Å²) in [4.78, 5) is 24.8. The molecule has 7 heteroatoms. The van der Waals surface area contributed by atoms with Crippen molar-refractivity contribution in [3.05, 3.63) is 23.8 Å². The van der Waals surface area contributed by atoms with E-state index in [0.29, 0.717) is 12.0 Å². The molecule has 3 N–H and O–H groups in total. The standard InChI is InChI=1S/C20H24O7/c1-8-4-12(21)16(24)18(3)10(8)5-13-19-7-26-20(25,17(18)19)15(23)9(2)11(19)6-14(22)27-13/h4,10-11,13,15-17,23-25H,2,5-7H2,1,3H3/t10-,11?,13?,15?,16?,17+,18?,19?,20+/m0/s1. The minimum atomic E-state index is -1.98. The van der Waals surface area contributed by atoms with Gasteiger partial charge in [-0.2, -0.15) is 0 Å². The highest BCUT2D eigenvalue weighted by Crippen LogP contribution is 2.73. The van der Waals surface area contributed by atoms with Crippen molar-refractivity contribution in [2.45, 2.75) is 50.8 Å². The second kappa shape index (κ2) is 4.89. The number of aliphatic hydroxyl groups is 3. The minimum Gasteiger partial charge on any atom is -0.462 e. The number of carbonyl (C=O) groups is 2. The number of esters is 1. The van der Waals surface area contributed by atoms with Gasteiger partial charge < -0.3 is 24.8 Å². The molecular weight excluding hydrogens is 352 g/mol. The van der Waals surface area contributed by atoms with Crippen molar-refractivity contribution >= 4 is 11.8 Å². The van der Waals surface area contributed by atoms with Gasteiger partial charge in [0.15, 0.2) is 11.6 Å². The molecule has 4 fully saturated rings. The van der Waals surface area contributed by atoms with Gasteiger partial charge in [-0.15, -0.1) is 0 Å². The van der Waals surface area contributed by atoms with Crippen molar-refractivity contribution in [3.63, 3.8) is 0 Å². The number of carbonyl (C=O) groups excluding carboxylic acids is 2. The molecule has 0 amide bonds. The lowest BCUT2D eigenvalue weighted by Crippen LogP contribution is -2.74. The third kappa shape index (κ3) is 1.69. The van der Waals surface area contributed by atoms with Crippen LogP contribution >= 0.6 is 0 Å². The molecule has 9 atom stereocenters. The van der Waals surface area contributed by atoms with Crippen LogP contribution < -0.4 is 0 Å². The summed E-state index contributed by atoms with van der Waals surface area (Å²) in [5.41, 5.74) is -0.730. The van der Waals surface area contributed by atoms with Gasteiger partial charge in [0.25, 0.3) is 0 Å². The van der Waals surface area contributed by atoms with Crippen LogP contribution in [0.5, 0.6) is 0 Å². The monoisotopic (exact) mass is 376 g/mol. The second-order valence-corrected chi connectivity index (χ2v) is 9.15. The number of aliphatic hydroxyl groups excluding tert-OH is 2. The first-order valence-electron chi connectivity index (χ1n) is 9.41. The smallest absolute Gasteiger partial charge is 0.306 e. The maximum atomic E-state index is 12.5. The molecule has 6 unspecified atom stereocenters. The molecule has 0 aromatic heterocycles. The molecule has 5 rings (SSSR count). The van der Waals surface area contributed by atoms with E-state index in [1.807, 2.05) is 6.92 Å². The fourth-order valence-corrected chi connectivity index (χ4v) is 7.14. The summed E-state index contributed by atoms with van der Waals surface area (Å²) in [5, 5.41) is 33.3. The average Bonchev–Trinajstić information content (AvgIpc) is 2.90. The van der Waals surface area contributed by atoms with Gasteiger partial charge in [0.2, 0.25) is 0 Å². The molecule has 0 radical (unpaired) electrons. The molecule has 2 bridgehead atoms. The molecule has 2 saturated heterocycles. The van der Waals surface area contributed by atoms with E-state index in [0.717, 1.165) is 5.57 Å². The first-order valence-corrected chi connectivity index (χ1v) is 9.41. The van der Waals surface area contributed by atoms with E-state index < -0.39 is 52.5 Å². The second-order valence-electron chi connectivity index (χ2n) is 9.15. The third-order valence-corrected chi connectivity index (χ3v) is 8.19. The van der Waals surface area contributed by atoms with Crippen molar-refractivity contribution in [2.24, 2.45) is 28.6 Å². The lowest BCUT2D eigenvalue weighted by atomic mass is 9.39. The van der Waals surface area contributed by atoms with E-state index >= 15 is 0 Å². The van der Waals surface area contributed by atoms with Crippen LogP contribution in [-0.2, 0) is 19.1 Å². The zero-order valence-corrected chi connectivity index (χ0v) is 15.3. The highest BCUT2D eigenvalue weighted by atomic mass is 16.6.